The average Bonchev–Trinajstić information content (AvgIpc) is 3.86. The van der Waals surface area contributed by atoms with Crippen LogP contribution < -0.4 is 59.7 Å². The summed E-state index contributed by atoms with van der Waals surface area (Å²) in [5.41, 5.74) is 20.8. The molecule has 17 N–H and O–H groups in total. The van der Waals surface area contributed by atoms with E-state index < -0.39 is 108 Å². The lowest BCUT2D eigenvalue weighted by Gasteiger charge is -2.29. The number of rotatable bonds is 15. The summed E-state index contributed by atoms with van der Waals surface area (Å²) in [4.78, 5) is 130. The molecule has 25 heteroatoms. The van der Waals surface area contributed by atoms with E-state index in [1.54, 1.807) is 97.2 Å². The van der Waals surface area contributed by atoms with Gasteiger partial charge in [0, 0.05) is 60.0 Å². The third kappa shape index (κ3) is 18.5. The molecule has 5 aromatic rings. The number of aliphatic carboxylic acids is 1. The third-order valence-corrected chi connectivity index (χ3v) is 15.5. The number of carbonyl (C=O) groups excluding carboxylic acids is 8. The predicted molar refractivity (Wildman–Crippen MR) is 304 cm³/mol. The highest BCUT2D eigenvalue weighted by atomic mass is 33.1. The van der Waals surface area contributed by atoms with E-state index in [9.17, 15) is 53.4 Å². The molecule has 9 atom stereocenters. The molecule has 1 fully saturated rings. The summed E-state index contributed by atoms with van der Waals surface area (Å²) in [7, 11) is 1.87. The van der Waals surface area contributed by atoms with Crippen molar-refractivity contribution in [3.63, 3.8) is 0 Å². The van der Waals surface area contributed by atoms with Crippen LogP contribution in [-0.4, -0.2) is 141 Å². The van der Waals surface area contributed by atoms with Gasteiger partial charge in [-0.15, -0.1) is 0 Å². The fourth-order valence-electron chi connectivity index (χ4n) is 8.75. The number of benzene rings is 4. The number of anilines is 1. The number of aliphatic hydroxyl groups is 1. The summed E-state index contributed by atoms with van der Waals surface area (Å²) >= 11 is 0. The van der Waals surface area contributed by atoms with Gasteiger partial charge in [-0.05, 0) is 73.2 Å². The number of nitrogen functional groups attached to an aromatic ring is 1. The number of para-hydroxylation sites is 1. The number of carboxylic acid groups (broad SMARTS) is 1. The zero-order valence-corrected chi connectivity index (χ0v) is 45.5. The number of amides is 9. The second-order valence-electron chi connectivity index (χ2n) is 19.2. The van der Waals surface area contributed by atoms with Crippen molar-refractivity contribution in [2.75, 3.05) is 23.8 Å². The maximum atomic E-state index is 15.0. The van der Waals surface area contributed by atoms with Gasteiger partial charge in [0.25, 0.3) is 0 Å². The van der Waals surface area contributed by atoms with Crippen LogP contribution in [0.4, 0.5) is 10.5 Å². The second kappa shape index (κ2) is 30.3. The van der Waals surface area contributed by atoms with E-state index in [1.165, 1.54) is 6.92 Å². The Hall–Kier alpha value is -8.13. The predicted octanol–water partition coefficient (Wildman–Crippen LogP) is 0.441. The van der Waals surface area contributed by atoms with Gasteiger partial charge in [-0.1, -0.05) is 113 Å². The Morgan fingerprint density at radius 2 is 1.06 bits per heavy atom. The molecule has 0 aliphatic carbocycles. The minimum Gasteiger partial charge on any atom is -0.480 e. The Labute approximate surface area is 469 Å². The number of carbonyl (C=O) groups is 9. The Kier molecular flexibility index (Phi) is 23.1. The number of unbranched alkanes of at least 4 members (excludes halogenated alkanes) is 1. The van der Waals surface area contributed by atoms with Gasteiger partial charge in [-0.25, -0.2) is 9.59 Å². The van der Waals surface area contributed by atoms with E-state index in [2.05, 4.69) is 47.5 Å². The van der Waals surface area contributed by atoms with Crippen LogP contribution in [0.3, 0.4) is 0 Å². The van der Waals surface area contributed by atoms with Gasteiger partial charge in [0.05, 0.1) is 6.10 Å². The van der Waals surface area contributed by atoms with Crippen molar-refractivity contribution in [2.45, 2.75) is 106 Å². The number of nitrogens with one attached hydrogen (secondary N) is 9. The van der Waals surface area contributed by atoms with E-state index in [1.807, 2.05) is 18.2 Å². The van der Waals surface area contributed by atoms with Crippen molar-refractivity contribution in [1.29, 1.82) is 0 Å². The van der Waals surface area contributed by atoms with Gasteiger partial charge in [0.1, 0.15) is 48.3 Å². The van der Waals surface area contributed by atoms with Gasteiger partial charge in [-0.3, -0.25) is 33.6 Å². The zero-order chi connectivity index (χ0) is 57.7. The molecule has 1 aliphatic rings. The molecule has 1 aliphatic heterocycles. The van der Waals surface area contributed by atoms with Crippen LogP contribution in [0.15, 0.2) is 115 Å². The molecular formula is C55H68N12O11S2. The molecule has 1 aromatic heterocycles. The molecule has 4 aromatic carbocycles. The van der Waals surface area contributed by atoms with Crippen molar-refractivity contribution >= 4 is 91.5 Å². The lowest BCUT2D eigenvalue weighted by atomic mass is 10.00. The minimum atomic E-state index is -1.73. The number of hydrogen-bond acceptors (Lipinski definition) is 14. The van der Waals surface area contributed by atoms with Crippen molar-refractivity contribution in [3.05, 3.63) is 138 Å². The van der Waals surface area contributed by atoms with Crippen LogP contribution in [-0.2, 0) is 64.0 Å². The standard InChI is InChI=1S/C55H68N12O11S2/c1-31(68)46-53(75)64-42(25-33-14-6-3-7-15-33)50(72)65-45(54(76)77)30-80-79-29-44(66-55(58)78)52(74)62-40(24-32-12-4-2-5-13-32)48(70)61-41(26-34-19-21-36(57)22-20-34)49(71)63-43(27-35-28-59-38-17-9-8-16-37(35)38)51(73)60-39(47(69)67-46)18-10-11-23-56/h2-9,12-17,19-22,28,31,39-46,59,68H,10-11,18,23-27,29-30,56-57H2,1H3,(H,60,73)(H,61,70)(H,62,74)(H,63,71)(H,64,75)(H,65,72)(H,67,69)(H,76,77)(H3,58,66,78)/t31-,39-,40+,41-,42-,43+,44+,45-,46-/m0/s1. The number of carboxylic acids is 1. The largest absolute Gasteiger partial charge is 0.480 e. The number of urea groups is 1. The Bertz CT molecular complexity index is 2930. The summed E-state index contributed by atoms with van der Waals surface area (Å²) < 4.78 is 0. The lowest BCUT2D eigenvalue weighted by Crippen LogP contribution is -2.62. The van der Waals surface area contributed by atoms with Gasteiger partial charge >= 0.3 is 12.0 Å². The number of aromatic nitrogens is 1. The van der Waals surface area contributed by atoms with Crippen molar-refractivity contribution in [3.8, 4) is 0 Å². The highest BCUT2D eigenvalue weighted by molar-refractivity contribution is 8.76. The fraction of sp³-hybridized carbons (Fsp3) is 0.364. The molecule has 0 saturated carbocycles. The zero-order valence-electron chi connectivity index (χ0n) is 43.9. The summed E-state index contributed by atoms with van der Waals surface area (Å²) in [5.74, 6) is -8.24. The number of primary amides is 1. The molecule has 23 nitrogen and oxygen atoms in total. The SMILES string of the molecule is C[C@H](O)[C@@H]1NC(=O)[C@H](CCCCN)NC(=O)[C@@H](Cc2c[nH]c3ccccc23)NC(=O)[C@H](Cc2ccc(N)cc2)NC(=O)[C@@H](Cc2ccccc2)NC(=O)[C@H](NC(N)=O)CSSC[C@@H](C(=O)O)NC(=O)[C@H](Cc2ccccc2)NC1=O. The third-order valence-electron chi connectivity index (χ3n) is 13.1. The maximum Gasteiger partial charge on any atom is 0.327 e. The van der Waals surface area contributed by atoms with Crippen LogP contribution in [0.2, 0.25) is 0 Å². The summed E-state index contributed by atoms with van der Waals surface area (Å²) in [6.45, 7) is 1.46. The van der Waals surface area contributed by atoms with Gasteiger partial charge in [-0.2, -0.15) is 0 Å². The van der Waals surface area contributed by atoms with Crippen LogP contribution >= 0.6 is 21.6 Å². The highest BCUT2D eigenvalue weighted by Gasteiger charge is 2.37. The molecule has 0 unspecified atom stereocenters. The second-order valence-corrected chi connectivity index (χ2v) is 21.8. The maximum absolute atomic E-state index is 15.0. The number of hydrogen-bond donors (Lipinski definition) is 14. The van der Waals surface area contributed by atoms with Crippen LogP contribution in [0.25, 0.3) is 10.9 Å². The minimum absolute atomic E-state index is 0.0251. The van der Waals surface area contributed by atoms with E-state index in [0.717, 1.165) is 32.5 Å². The first-order valence-corrected chi connectivity index (χ1v) is 28.4. The Morgan fingerprint density at radius 1 is 0.588 bits per heavy atom. The fourth-order valence-corrected chi connectivity index (χ4v) is 11.1. The van der Waals surface area contributed by atoms with E-state index in [4.69, 9.17) is 17.2 Å². The topological polar surface area (TPSA) is 384 Å². The molecule has 6 rings (SSSR count). The number of aliphatic hydroxyl groups excluding tert-OH is 1. The van der Waals surface area contributed by atoms with E-state index >= 15 is 0 Å². The highest BCUT2D eigenvalue weighted by Crippen LogP contribution is 2.24. The van der Waals surface area contributed by atoms with Gasteiger partial charge in [0.2, 0.25) is 41.4 Å². The summed E-state index contributed by atoms with van der Waals surface area (Å²) in [6.07, 6.45) is 0.213. The molecule has 0 spiro atoms. The smallest absolute Gasteiger partial charge is 0.327 e. The van der Waals surface area contributed by atoms with Crippen molar-refractivity contribution in [2.24, 2.45) is 11.5 Å². The van der Waals surface area contributed by atoms with Crippen LogP contribution in [0.5, 0.6) is 0 Å². The van der Waals surface area contributed by atoms with Crippen LogP contribution in [0.1, 0.15) is 48.4 Å². The Morgan fingerprint density at radius 3 is 1.61 bits per heavy atom. The molecule has 2 heterocycles. The molecule has 80 heavy (non-hydrogen) atoms. The monoisotopic (exact) mass is 1140 g/mol. The first kappa shape index (κ1) is 61.1. The lowest BCUT2D eigenvalue weighted by molar-refractivity contribution is -0.141. The molecular weight excluding hydrogens is 1070 g/mol. The molecule has 426 valence electrons. The molecule has 1 saturated heterocycles. The first-order chi connectivity index (χ1) is 38.4. The number of nitrogens with two attached hydrogens (primary N) is 3. The normalized spacial score (nSPS) is 23.0. The van der Waals surface area contributed by atoms with E-state index in [0.29, 0.717) is 40.8 Å². The molecule has 9 amide bonds. The first-order valence-electron chi connectivity index (χ1n) is 25.9. The van der Waals surface area contributed by atoms with Crippen molar-refractivity contribution in [1.82, 2.24) is 47.5 Å². The van der Waals surface area contributed by atoms with Crippen LogP contribution in [0, 0.1) is 0 Å². The Balaban J connectivity index is 1.43. The number of fused-ring (bicyclic) bond motifs is 1. The molecule has 0 radical (unpaired) electrons. The number of H-pyrrole nitrogens is 1. The summed E-state index contributed by atoms with van der Waals surface area (Å²) in [5, 5.41) is 43.0. The van der Waals surface area contributed by atoms with E-state index in [-0.39, 0.29) is 50.2 Å². The number of aromatic amines is 1. The van der Waals surface area contributed by atoms with Gasteiger partial charge in [0.15, 0.2) is 0 Å². The van der Waals surface area contributed by atoms with Gasteiger partial charge < -0.3 is 74.9 Å². The quantitative estimate of drug-likeness (QED) is 0.0384. The van der Waals surface area contributed by atoms with Crippen molar-refractivity contribution < 1.29 is 53.4 Å². The summed E-state index contributed by atoms with van der Waals surface area (Å²) in [6, 6.07) is 17.9. The average molecular weight is 1140 g/mol. The molecule has 0 bridgehead atoms.